The molecule has 0 aliphatic carbocycles. The summed E-state index contributed by atoms with van der Waals surface area (Å²) >= 11 is 0. The molecular weight excluding hydrogens is 102 g/mol. The Morgan fingerprint density at radius 3 is 2.50 bits per heavy atom. The summed E-state index contributed by atoms with van der Waals surface area (Å²) in [5, 5.41) is 2.88. The summed E-state index contributed by atoms with van der Waals surface area (Å²) in [6.45, 7) is 0. The summed E-state index contributed by atoms with van der Waals surface area (Å²) in [7, 11) is 1.82. The van der Waals surface area contributed by atoms with E-state index in [1.165, 1.54) is 0 Å². The van der Waals surface area contributed by atoms with Crippen LogP contribution in [0.4, 0.5) is 5.69 Å². The minimum atomic E-state index is 0.906. The van der Waals surface area contributed by atoms with Crippen molar-refractivity contribution < 1.29 is 0 Å². The molecule has 0 unspecified atom stereocenters. The largest absolute Gasteiger partial charge is 0.386 e. The van der Waals surface area contributed by atoms with Crippen LogP contribution in [0.25, 0.3) is 0 Å². The van der Waals surface area contributed by atoms with Gasteiger partial charge in [0.25, 0.3) is 0 Å². The Kier molecular flexibility index (Phi) is 1.42. The van der Waals surface area contributed by atoms with Gasteiger partial charge in [-0.3, -0.25) is 0 Å². The molecule has 1 N–H and O–H groups in total. The van der Waals surface area contributed by atoms with Gasteiger partial charge in [0.15, 0.2) is 6.33 Å². The van der Waals surface area contributed by atoms with Crippen molar-refractivity contribution in [3.63, 3.8) is 0 Å². The Morgan fingerprint density at radius 2 is 2.12 bits per heavy atom. The lowest BCUT2D eigenvalue weighted by Gasteiger charge is -1.92. The summed E-state index contributed by atoms with van der Waals surface area (Å²) in [6, 6.07) is 0. The van der Waals surface area contributed by atoms with E-state index in [1.54, 1.807) is 12.4 Å². The Balaban J connectivity index is 2.83. The molecule has 0 aromatic carbocycles. The molecule has 0 fully saturated rings. The van der Waals surface area contributed by atoms with Gasteiger partial charge in [-0.2, -0.15) is 0 Å². The lowest BCUT2D eigenvalue weighted by Crippen LogP contribution is -1.88. The van der Waals surface area contributed by atoms with Gasteiger partial charge in [-0.1, -0.05) is 0 Å². The molecule has 1 radical (unpaired) electrons. The summed E-state index contributed by atoms with van der Waals surface area (Å²) < 4.78 is 0. The smallest absolute Gasteiger partial charge is 0.197 e. The van der Waals surface area contributed by atoms with E-state index in [-0.39, 0.29) is 0 Å². The first-order valence-electron chi connectivity index (χ1n) is 2.29. The second-order valence-electron chi connectivity index (χ2n) is 1.32. The van der Waals surface area contributed by atoms with Gasteiger partial charge >= 0.3 is 0 Å². The Labute approximate surface area is 47.8 Å². The second kappa shape index (κ2) is 2.26. The van der Waals surface area contributed by atoms with Crippen molar-refractivity contribution in [2.45, 2.75) is 0 Å². The van der Waals surface area contributed by atoms with Crippen LogP contribution in [0, 0.1) is 6.33 Å². The van der Waals surface area contributed by atoms with E-state index < -0.39 is 0 Å². The minimum Gasteiger partial charge on any atom is -0.386 e. The molecule has 0 amide bonds. The van der Waals surface area contributed by atoms with Gasteiger partial charge in [0.1, 0.15) is 0 Å². The first kappa shape index (κ1) is 5.03. The first-order chi connectivity index (χ1) is 3.93. The highest BCUT2D eigenvalue weighted by Gasteiger charge is 1.81. The van der Waals surface area contributed by atoms with Crippen LogP contribution in [0.2, 0.25) is 0 Å². The van der Waals surface area contributed by atoms with Crippen molar-refractivity contribution in [3.05, 3.63) is 18.7 Å². The number of rotatable bonds is 1. The normalized spacial score (nSPS) is 8.62. The van der Waals surface area contributed by atoms with Crippen molar-refractivity contribution in [2.24, 2.45) is 0 Å². The molecular formula is C5H6N3. The van der Waals surface area contributed by atoms with Gasteiger partial charge in [-0.05, 0) is 0 Å². The van der Waals surface area contributed by atoms with E-state index >= 15 is 0 Å². The van der Waals surface area contributed by atoms with Crippen molar-refractivity contribution in [1.82, 2.24) is 9.97 Å². The Hall–Kier alpha value is -1.12. The third kappa shape index (κ3) is 0.932. The van der Waals surface area contributed by atoms with Gasteiger partial charge in [-0.15, -0.1) is 0 Å². The number of hydrogen-bond acceptors (Lipinski definition) is 3. The molecule has 0 saturated heterocycles. The molecule has 0 spiro atoms. The van der Waals surface area contributed by atoms with E-state index in [0.717, 1.165) is 5.69 Å². The van der Waals surface area contributed by atoms with Crippen molar-refractivity contribution >= 4 is 5.69 Å². The number of nitrogens with one attached hydrogen (secondary N) is 1. The molecule has 0 aliphatic heterocycles. The quantitative estimate of drug-likeness (QED) is 0.563. The molecule has 3 nitrogen and oxygen atoms in total. The summed E-state index contributed by atoms with van der Waals surface area (Å²) in [4.78, 5) is 7.31. The third-order valence-corrected chi connectivity index (χ3v) is 0.811. The van der Waals surface area contributed by atoms with Crippen LogP contribution < -0.4 is 5.32 Å². The molecule has 0 aliphatic rings. The van der Waals surface area contributed by atoms with Crippen molar-refractivity contribution in [1.29, 1.82) is 0 Å². The summed E-state index contributed by atoms with van der Waals surface area (Å²) in [5.41, 5.74) is 0.906. The molecule has 0 saturated carbocycles. The van der Waals surface area contributed by atoms with Crippen LogP contribution in [0.3, 0.4) is 0 Å². The lowest BCUT2D eigenvalue weighted by atomic mass is 10.5. The van der Waals surface area contributed by atoms with Gasteiger partial charge in [0, 0.05) is 7.05 Å². The predicted octanol–water partition coefficient (Wildman–Crippen LogP) is 0.318. The fraction of sp³-hybridized carbons (Fsp3) is 0.200. The molecule has 1 rings (SSSR count). The molecule has 8 heavy (non-hydrogen) atoms. The second-order valence-corrected chi connectivity index (χ2v) is 1.32. The average molecular weight is 108 g/mol. The number of nitrogens with zero attached hydrogens (tertiary/aromatic N) is 2. The van der Waals surface area contributed by atoms with Crippen LogP contribution >= 0.6 is 0 Å². The molecule has 0 bridgehead atoms. The molecule has 1 aromatic heterocycles. The predicted molar refractivity (Wildman–Crippen MR) is 30.4 cm³/mol. The van der Waals surface area contributed by atoms with E-state index in [9.17, 15) is 0 Å². The third-order valence-electron chi connectivity index (χ3n) is 0.811. The fourth-order valence-corrected chi connectivity index (χ4v) is 0.393. The maximum Gasteiger partial charge on any atom is 0.197 e. The number of anilines is 1. The van der Waals surface area contributed by atoms with Crippen LogP contribution in [0.1, 0.15) is 0 Å². The first-order valence-corrected chi connectivity index (χ1v) is 2.29. The van der Waals surface area contributed by atoms with Gasteiger partial charge in [0.05, 0.1) is 18.1 Å². The summed E-state index contributed by atoms with van der Waals surface area (Å²) in [6.07, 6.45) is 5.75. The molecule has 1 aromatic rings. The van der Waals surface area contributed by atoms with E-state index in [4.69, 9.17) is 0 Å². The average Bonchev–Trinajstić information content (AvgIpc) is 1.90. The number of aromatic nitrogens is 2. The van der Waals surface area contributed by atoms with E-state index in [2.05, 4.69) is 21.6 Å². The van der Waals surface area contributed by atoms with Crippen LogP contribution in [-0.2, 0) is 0 Å². The maximum absolute atomic E-state index is 3.66. The highest BCUT2D eigenvalue weighted by atomic mass is 14.9. The fourth-order valence-electron chi connectivity index (χ4n) is 0.393. The highest BCUT2D eigenvalue weighted by molar-refractivity contribution is 5.35. The van der Waals surface area contributed by atoms with Crippen LogP contribution in [0.5, 0.6) is 0 Å². The van der Waals surface area contributed by atoms with Gasteiger partial charge < -0.3 is 5.32 Å². The topological polar surface area (TPSA) is 37.8 Å². The monoisotopic (exact) mass is 108 g/mol. The lowest BCUT2D eigenvalue weighted by molar-refractivity contribution is 1.14. The maximum atomic E-state index is 3.66. The van der Waals surface area contributed by atoms with E-state index in [0.29, 0.717) is 0 Å². The van der Waals surface area contributed by atoms with Crippen molar-refractivity contribution in [3.8, 4) is 0 Å². The molecule has 41 valence electrons. The minimum absolute atomic E-state index is 0.906. The zero-order valence-corrected chi connectivity index (χ0v) is 4.55. The SMILES string of the molecule is CNc1cn[c]nc1. The molecule has 3 heteroatoms. The molecule has 1 heterocycles. The summed E-state index contributed by atoms with van der Waals surface area (Å²) in [5.74, 6) is 0. The van der Waals surface area contributed by atoms with Crippen LogP contribution in [-0.4, -0.2) is 17.0 Å². The Bertz CT molecular complexity index is 149. The van der Waals surface area contributed by atoms with E-state index in [1.807, 2.05) is 7.05 Å². The highest BCUT2D eigenvalue weighted by Crippen LogP contribution is 1.95. The van der Waals surface area contributed by atoms with Gasteiger partial charge in [-0.25, -0.2) is 9.97 Å². The van der Waals surface area contributed by atoms with Gasteiger partial charge in [0.2, 0.25) is 0 Å². The zero-order chi connectivity index (χ0) is 5.82. The zero-order valence-electron chi connectivity index (χ0n) is 4.55. The standard InChI is InChI=1S/C5H6N3/c1-6-5-2-7-4-8-3-5/h2-3,6H,1H3. The number of hydrogen-bond donors (Lipinski definition) is 1. The van der Waals surface area contributed by atoms with Crippen LogP contribution in [0.15, 0.2) is 12.4 Å². The Morgan fingerprint density at radius 1 is 1.50 bits per heavy atom. The molecule has 0 atom stereocenters. The van der Waals surface area contributed by atoms with Crippen molar-refractivity contribution in [2.75, 3.05) is 12.4 Å².